The molecule has 0 radical (unpaired) electrons. The summed E-state index contributed by atoms with van der Waals surface area (Å²) in [5.41, 5.74) is 5.45. The van der Waals surface area contributed by atoms with Gasteiger partial charge in [-0.3, -0.25) is 4.79 Å². The summed E-state index contributed by atoms with van der Waals surface area (Å²) < 4.78 is 4.87. The van der Waals surface area contributed by atoms with Crippen LogP contribution in [0.5, 0.6) is 0 Å². The van der Waals surface area contributed by atoms with E-state index in [1.54, 1.807) is 0 Å². The molecule has 2 atom stereocenters. The molecule has 0 aromatic heterocycles. The highest BCUT2D eigenvalue weighted by Crippen LogP contribution is 2.39. The zero-order valence-electron chi connectivity index (χ0n) is 11.7. The Morgan fingerprint density at radius 1 is 1.47 bits per heavy atom. The Labute approximate surface area is 104 Å². The molecular weight excluding hydrogens is 216 g/mol. The number of likely N-dealkylation sites (N-methyl/N-ethyl adjacent to an activating group) is 1. The van der Waals surface area contributed by atoms with Crippen molar-refractivity contribution >= 4 is 5.97 Å². The second kappa shape index (κ2) is 5.36. The van der Waals surface area contributed by atoms with Gasteiger partial charge in [-0.25, -0.2) is 0 Å². The van der Waals surface area contributed by atoms with Gasteiger partial charge < -0.3 is 15.4 Å². The van der Waals surface area contributed by atoms with Crippen LogP contribution in [-0.4, -0.2) is 43.2 Å². The zero-order valence-corrected chi connectivity index (χ0v) is 11.7. The lowest BCUT2D eigenvalue weighted by Gasteiger charge is -2.35. The predicted octanol–water partition coefficient (Wildman–Crippen LogP) is 1.24. The smallest absolute Gasteiger partial charge is 0.327 e. The second-order valence-corrected chi connectivity index (χ2v) is 5.71. The standard InChI is InChI=1S/C13H26N2O2/c1-9(2)10(3)15(4)8-13(14,11-6-7-11)12(16)17-5/h9-11H,6-8,14H2,1-5H3. The Morgan fingerprint density at radius 3 is 2.35 bits per heavy atom. The molecule has 1 rings (SSSR count). The maximum atomic E-state index is 11.9. The first-order valence-corrected chi connectivity index (χ1v) is 6.40. The fraction of sp³-hybridized carbons (Fsp3) is 0.923. The lowest BCUT2D eigenvalue weighted by atomic mass is 9.92. The first-order chi connectivity index (χ1) is 7.82. The van der Waals surface area contributed by atoms with Crippen molar-refractivity contribution < 1.29 is 9.53 Å². The molecule has 0 saturated heterocycles. The molecule has 0 amide bonds. The number of ether oxygens (including phenoxy) is 1. The average Bonchev–Trinajstić information content (AvgIpc) is 3.10. The minimum Gasteiger partial charge on any atom is -0.468 e. The lowest BCUT2D eigenvalue weighted by molar-refractivity contribution is -0.149. The van der Waals surface area contributed by atoms with Crippen molar-refractivity contribution in [1.82, 2.24) is 4.90 Å². The normalized spacial score (nSPS) is 21.4. The average molecular weight is 242 g/mol. The molecule has 0 aliphatic heterocycles. The molecule has 1 saturated carbocycles. The molecule has 0 aromatic carbocycles. The number of carbonyl (C=O) groups is 1. The van der Waals surface area contributed by atoms with Crippen molar-refractivity contribution in [3.8, 4) is 0 Å². The van der Waals surface area contributed by atoms with Gasteiger partial charge in [0.25, 0.3) is 0 Å². The third kappa shape index (κ3) is 3.19. The van der Waals surface area contributed by atoms with E-state index < -0.39 is 5.54 Å². The van der Waals surface area contributed by atoms with Gasteiger partial charge in [-0.2, -0.15) is 0 Å². The number of carbonyl (C=O) groups excluding carboxylic acids is 1. The summed E-state index contributed by atoms with van der Waals surface area (Å²) in [4.78, 5) is 14.0. The minimum absolute atomic E-state index is 0.275. The van der Waals surface area contributed by atoms with Crippen LogP contribution in [0.2, 0.25) is 0 Å². The number of nitrogens with zero attached hydrogens (tertiary/aromatic N) is 1. The SMILES string of the molecule is COC(=O)C(N)(CN(C)C(C)C(C)C)C1CC1. The van der Waals surface area contributed by atoms with Crippen LogP contribution >= 0.6 is 0 Å². The fourth-order valence-corrected chi connectivity index (χ4v) is 2.21. The molecule has 1 fully saturated rings. The van der Waals surface area contributed by atoms with Crippen molar-refractivity contribution in [3.63, 3.8) is 0 Å². The molecule has 0 bridgehead atoms. The van der Waals surface area contributed by atoms with Crippen LogP contribution in [0.25, 0.3) is 0 Å². The van der Waals surface area contributed by atoms with E-state index in [1.165, 1.54) is 7.11 Å². The van der Waals surface area contributed by atoms with Gasteiger partial charge >= 0.3 is 5.97 Å². The Hall–Kier alpha value is -0.610. The van der Waals surface area contributed by atoms with Crippen LogP contribution in [0, 0.1) is 11.8 Å². The van der Waals surface area contributed by atoms with Crippen molar-refractivity contribution in [2.75, 3.05) is 20.7 Å². The molecule has 1 aliphatic carbocycles. The minimum atomic E-state index is -0.827. The zero-order chi connectivity index (χ0) is 13.2. The number of hydrogen-bond donors (Lipinski definition) is 1. The molecule has 1 aliphatic rings. The molecule has 0 heterocycles. The van der Waals surface area contributed by atoms with E-state index in [2.05, 4.69) is 25.7 Å². The Bertz CT molecular complexity index is 277. The van der Waals surface area contributed by atoms with Gasteiger partial charge in [0.15, 0.2) is 0 Å². The summed E-state index contributed by atoms with van der Waals surface area (Å²) in [6.45, 7) is 7.09. The van der Waals surface area contributed by atoms with Crippen LogP contribution in [0.4, 0.5) is 0 Å². The van der Waals surface area contributed by atoms with Gasteiger partial charge in [-0.05, 0) is 38.6 Å². The highest BCUT2D eigenvalue weighted by atomic mass is 16.5. The summed E-state index contributed by atoms with van der Waals surface area (Å²) in [6.07, 6.45) is 2.07. The summed E-state index contributed by atoms with van der Waals surface area (Å²) in [5.74, 6) is 0.556. The van der Waals surface area contributed by atoms with Crippen LogP contribution in [-0.2, 0) is 9.53 Å². The molecule has 17 heavy (non-hydrogen) atoms. The Balaban J connectivity index is 2.70. The van der Waals surface area contributed by atoms with E-state index in [1.807, 2.05) is 7.05 Å². The fourth-order valence-electron chi connectivity index (χ4n) is 2.21. The number of rotatable bonds is 6. The first kappa shape index (κ1) is 14.5. The van der Waals surface area contributed by atoms with Gasteiger partial charge in [0.2, 0.25) is 0 Å². The monoisotopic (exact) mass is 242 g/mol. The van der Waals surface area contributed by atoms with Gasteiger partial charge in [-0.15, -0.1) is 0 Å². The van der Waals surface area contributed by atoms with Gasteiger partial charge in [-0.1, -0.05) is 13.8 Å². The second-order valence-electron chi connectivity index (χ2n) is 5.71. The summed E-state index contributed by atoms with van der Waals surface area (Å²) >= 11 is 0. The maximum absolute atomic E-state index is 11.9. The Morgan fingerprint density at radius 2 is 2.00 bits per heavy atom. The largest absolute Gasteiger partial charge is 0.468 e. The highest BCUT2D eigenvalue weighted by molar-refractivity contribution is 5.81. The van der Waals surface area contributed by atoms with Gasteiger partial charge in [0, 0.05) is 12.6 Å². The van der Waals surface area contributed by atoms with E-state index in [-0.39, 0.29) is 11.9 Å². The van der Waals surface area contributed by atoms with E-state index in [4.69, 9.17) is 10.5 Å². The summed E-state index contributed by atoms with van der Waals surface area (Å²) in [5, 5.41) is 0. The third-order valence-corrected chi connectivity index (χ3v) is 4.04. The molecule has 100 valence electrons. The summed E-state index contributed by atoms with van der Waals surface area (Å²) in [7, 11) is 3.44. The van der Waals surface area contributed by atoms with Crippen LogP contribution in [0.1, 0.15) is 33.6 Å². The van der Waals surface area contributed by atoms with Crippen LogP contribution < -0.4 is 5.73 Å². The van der Waals surface area contributed by atoms with Gasteiger partial charge in [0.05, 0.1) is 7.11 Å². The molecule has 2 unspecified atom stereocenters. The van der Waals surface area contributed by atoms with E-state index in [0.29, 0.717) is 18.5 Å². The number of hydrogen-bond acceptors (Lipinski definition) is 4. The highest BCUT2D eigenvalue weighted by Gasteiger charge is 2.49. The number of nitrogens with two attached hydrogens (primary N) is 1. The van der Waals surface area contributed by atoms with Crippen LogP contribution in [0.15, 0.2) is 0 Å². The molecule has 4 nitrogen and oxygen atoms in total. The van der Waals surface area contributed by atoms with E-state index in [0.717, 1.165) is 12.8 Å². The van der Waals surface area contributed by atoms with Crippen molar-refractivity contribution in [2.24, 2.45) is 17.6 Å². The molecule has 4 heteroatoms. The quantitative estimate of drug-likeness (QED) is 0.712. The van der Waals surface area contributed by atoms with E-state index >= 15 is 0 Å². The number of esters is 1. The Kier molecular flexibility index (Phi) is 4.55. The lowest BCUT2D eigenvalue weighted by Crippen LogP contribution is -2.59. The first-order valence-electron chi connectivity index (χ1n) is 6.40. The predicted molar refractivity (Wildman–Crippen MR) is 68.6 cm³/mol. The van der Waals surface area contributed by atoms with E-state index in [9.17, 15) is 4.79 Å². The number of methoxy groups -OCH3 is 1. The van der Waals surface area contributed by atoms with Crippen molar-refractivity contribution in [1.29, 1.82) is 0 Å². The third-order valence-electron chi connectivity index (χ3n) is 4.04. The molecule has 0 spiro atoms. The summed E-state index contributed by atoms with van der Waals surface area (Å²) in [6, 6.07) is 0.404. The van der Waals surface area contributed by atoms with Gasteiger partial charge in [0.1, 0.15) is 5.54 Å². The molecule has 2 N–H and O–H groups in total. The van der Waals surface area contributed by atoms with Crippen molar-refractivity contribution in [3.05, 3.63) is 0 Å². The van der Waals surface area contributed by atoms with Crippen LogP contribution in [0.3, 0.4) is 0 Å². The molecule has 0 aromatic rings. The molecular formula is C13H26N2O2. The maximum Gasteiger partial charge on any atom is 0.327 e. The van der Waals surface area contributed by atoms with Crippen molar-refractivity contribution in [2.45, 2.75) is 45.2 Å². The topological polar surface area (TPSA) is 55.6 Å².